The number of piperazine rings is 1. The Morgan fingerprint density at radius 1 is 0.903 bits per heavy atom. The van der Waals surface area contributed by atoms with E-state index in [1.54, 1.807) is 7.11 Å². The summed E-state index contributed by atoms with van der Waals surface area (Å²) >= 11 is 0. The Kier molecular flexibility index (Phi) is 6.51. The van der Waals surface area contributed by atoms with E-state index in [-0.39, 0.29) is 6.03 Å². The molecule has 2 fully saturated rings. The van der Waals surface area contributed by atoms with Crippen molar-refractivity contribution >= 4 is 23.1 Å². The Morgan fingerprint density at radius 2 is 1.52 bits per heavy atom. The maximum Gasteiger partial charge on any atom is 0.321 e. The van der Waals surface area contributed by atoms with E-state index in [0.29, 0.717) is 19.1 Å². The molecule has 0 aliphatic carbocycles. The molecule has 2 aliphatic heterocycles. The molecule has 0 radical (unpaired) electrons. The number of anilines is 3. The number of hydrogen-bond acceptors (Lipinski definition) is 5. The van der Waals surface area contributed by atoms with Crippen LogP contribution < -0.4 is 19.9 Å². The Balaban J connectivity index is 1.27. The SMILES string of the molecule is COc1ccc(N2CCN(C(=O)Nc3ccc(N4CCC(N(C)C)C4)cc3)CC2)cc1. The third-order valence-corrected chi connectivity index (χ3v) is 6.38. The fourth-order valence-corrected chi connectivity index (χ4v) is 4.32. The van der Waals surface area contributed by atoms with E-state index >= 15 is 0 Å². The van der Waals surface area contributed by atoms with Crippen LogP contribution in [-0.4, -0.2) is 82.3 Å². The number of urea groups is 1. The molecule has 1 N–H and O–H groups in total. The second-order valence-corrected chi connectivity index (χ2v) is 8.50. The van der Waals surface area contributed by atoms with Gasteiger partial charge in [-0.3, -0.25) is 0 Å². The molecular weight excluding hydrogens is 390 g/mol. The zero-order valence-corrected chi connectivity index (χ0v) is 18.8. The van der Waals surface area contributed by atoms with E-state index < -0.39 is 0 Å². The molecule has 4 rings (SSSR count). The van der Waals surface area contributed by atoms with Gasteiger partial charge in [0, 0.05) is 62.4 Å². The van der Waals surface area contributed by atoms with E-state index in [1.807, 2.05) is 29.2 Å². The Labute approximate surface area is 185 Å². The van der Waals surface area contributed by atoms with Crippen LogP contribution in [0.3, 0.4) is 0 Å². The first-order valence-electron chi connectivity index (χ1n) is 11.0. The van der Waals surface area contributed by atoms with Crippen LogP contribution in [0.15, 0.2) is 48.5 Å². The molecule has 2 heterocycles. The van der Waals surface area contributed by atoms with Gasteiger partial charge >= 0.3 is 6.03 Å². The summed E-state index contributed by atoms with van der Waals surface area (Å²) in [5, 5.41) is 3.05. The number of benzene rings is 2. The van der Waals surface area contributed by atoms with Gasteiger partial charge in [-0.15, -0.1) is 0 Å². The Hall–Kier alpha value is -2.93. The van der Waals surface area contributed by atoms with Crippen molar-refractivity contribution in [1.29, 1.82) is 0 Å². The Bertz CT molecular complexity index is 861. The van der Waals surface area contributed by atoms with Gasteiger partial charge < -0.3 is 29.7 Å². The zero-order valence-electron chi connectivity index (χ0n) is 18.8. The number of hydrogen-bond donors (Lipinski definition) is 1. The molecule has 166 valence electrons. The highest BCUT2D eigenvalue weighted by Gasteiger charge is 2.24. The van der Waals surface area contributed by atoms with Crippen LogP contribution in [0.25, 0.3) is 0 Å². The molecule has 31 heavy (non-hydrogen) atoms. The maximum atomic E-state index is 12.7. The molecular formula is C24H33N5O2. The number of amides is 2. The number of rotatable bonds is 5. The van der Waals surface area contributed by atoms with Crippen LogP contribution in [0.5, 0.6) is 5.75 Å². The molecule has 0 bridgehead atoms. The van der Waals surface area contributed by atoms with Gasteiger partial charge in [-0.1, -0.05) is 0 Å². The minimum atomic E-state index is -0.0315. The van der Waals surface area contributed by atoms with Gasteiger partial charge in [0.2, 0.25) is 0 Å². The highest BCUT2D eigenvalue weighted by molar-refractivity contribution is 5.89. The minimum Gasteiger partial charge on any atom is -0.497 e. The fourth-order valence-electron chi connectivity index (χ4n) is 4.32. The van der Waals surface area contributed by atoms with Crippen molar-refractivity contribution < 1.29 is 9.53 Å². The molecule has 0 saturated carbocycles. The molecule has 7 nitrogen and oxygen atoms in total. The van der Waals surface area contributed by atoms with Gasteiger partial charge in [0.25, 0.3) is 0 Å². The van der Waals surface area contributed by atoms with Crippen LogP contribution in [0, 0.1) is 0 Å². The number of ether oxygens (including phenoxy) is 1. The lowest BCUT2D eigenvalue weighted by atomic mass is 10.2. The van der Waals surface area contributed by atoms with E-state index in [0.717, 1.165) is 43.3 Å². The van der Waals surface area contributed by atoms with Crippen molar-refractivity contribution in [3.63, 3.8) is 0 Å². The van der Waals surface area contributed by atoms with Crippen molar-refractivity contribution in [2.24, 2.45) is 0 Å². The summed E-state index contributed by atoms with van der Waals surface area (Å²) in [6.07, 6.45) is 1.19. The van der Waals surface area contributed by atoms with Crippen molar-refractivity contribution in [1.82, 2.24) is 9.80 Å². The van der Waals surface area contributed by atoms with Gasteiger partial charge in [0.15, 0.2) is 0 Å². The number of carbonyl (C=O) groups is 1. The molecule has 2 saturated heterocycles. The number of likely N-dealkylation sites (N-methyl/N-ethyl adjacent to an activating group) is 1. The normalized spacial score (nSPS) is 19.1. The number of nitrogens with zero attached hydrogens (tertiary/aromatic N) is 4. The molecule has 1 unspecified atom stereocenters. The third kappa shape index (κ3) is 5.05. The van der Waals surface area contributed by atoms with Crippen molar-refractivity contribution in [2.75, 3.05) is 75.6 Å². The molecule has 7 heteroatoms. The average Bonchev–Trinajstić information content (AvgIpc) is 3.30. The first-order valence-corrected chi connectivity index (χ1v) is 11.0. The second kappa shape index (κ2) is 9.47. The summed E-state index contributed by atoms with van der Waals surface area (Å²) < 4.78 is 5.23. The van der Waals surface area contributed by atoms with Gasteiger partial charge in [-0.05, 0) is 69.0 Å². The summed E-state index contributed by atoms with van der Waals surface area (Å²) in [5.74, 6) is 0.857. The summed E-state index contributed by atoms with van der Waals surface area (Å²) in [5.41, 5.74) is 3.22. The van der Waals surface area contributed by atoms with Gasteiger partial charge in [0.05, 0.1) is 7.11 Å². The summed E-state index contributed by atoms with van der Waals surface area (Å²) in [4.78, 5) is 21.6. The van der Waals surface area contributed by atoms with Crippen LogP contribution in [0.1, 0.15) is 6.42 Å². The van der Waals surface area contributed by atoms with Crippen LogP contribution in [0.4, 0.5) is 21.9 Å². The standard InChI is InChI=1S/C24H33N5O2/c1-26(2)22-12-13-29(18-22)21-6-4-19(5-7-21)25-24(30)28-16-14-27(15-17-28)20-8-10-23(31-3)11-9-20/h4-11,22H,12-18H2,1-3H3,(H,25,30). The lowest BCUT2D eigenvalue weighted by molar-refractivity contribution is 0.208. The molecule has 2 aromatic rings. The predicted molar refractivity (Wildman–Crippen MR) is 127 cm³/mol. The van der Waals surface area contributed by atoms with Gasteiger partial charge in [-0.2, -0.15) is 0 Å². The number of methoxy groups -OCH3 is 1. The van der Waals surface area contributed by atoms with Crippen LogP contribution in [0.2, 0.25) is 0 Å². The molecule has 2 amide bonds. The topological polar surface area (TPSA) is 51.3 Å². The summed E-state index contributed by atoms with van der Waals surface area (Å²) in [6.45, 7) is 5.18. The Morgan fingerprint density at radius 3 is 2.10 bits per heavy atom. The average molecular weight is 424 g/mol. The minimum absolute atomic E-state index is 0.0315. The summed E-state index contributed by atoms with van der Waals surface area (Å²) in [7, 11) is 5.96. The van der Waals surface area contributed by atoms with Crippen LogP contribution >= 0.6 is 0 Å². The van der Waals surface area contributed by atoms with Gasteiger partial charge in [-0.25, -0.2) is 4.79 Å². The second-order valence-electron chi connectivity index (χ2n) is 8.50. The molecule has 2 aliphatic rings. The van der Waals surface area contributed by atoms with Crippen molar-refractivity contribution in [3.05, 3.63) is 48.5 Å². The lowest BCUT2D eigenvalue weighted by Gasteiger charge is -2.36. The molecule has 0 aromatic heterocycles. The quantitative estimate of drug-likeness (QED) is 0.801. The third-order valence-electron chi connectivity index (χ3n) is 6.38. The van der Waals surface area contributed by atoms with Gasteiger partial charge in [0.1, 0.15) is 5.75 Å². The zero-order chi connectivity index (χ0) is 21.8. The molecule has 1 atom stereocenters. The van der Waals surface area contributed by atoms with Crippen LogP contribution in [-0.2, 0) is 0 Å². The van der Waals surface area contributed by atoms with E-state index in [4.69, 9.17) is 4.74 Å². The number of nitrogens with one attached hydrogen (secondary N) is 1. The first kappa shape index (κ1) is 21.3. The summed E-state index contributed by atoms with van der Waals surface area (Å²) in [6, 6.07) is 16.9. The lowest BCUT2D eigenvalue weighted by Crippen LogP contribution is -2.50. The van der Waals surface area contributed by atoms with E-state index in [1.165, 1.54) is 12.1 Å². The highest BCUT2D eigenvalue weighted by atomic mass is 16.5. The number of carbonyl (C=O) groups excluding carboxylic acids is 1. The van der Waals surface area contributed by atoms with Crippen molar-refractivity contribution in [2.45, 2.75) is 12.5 Å². The monoisotopic (exact) mass is 423 g/mol. The largest absolute Gasteiger partial charge is 0.497 e. The van der Waals surface area contributed by atoms with E-state index in [9.17, 15) is 4.79 Å². The van der Waals surface area contributed by atoms with E-state index in [2.05, 4.69) is 58.4 Å². The maximum absolute atomic E-state index is 12.7. The molecule has 2 aromatic carbocycles. The fraction of sp³-hybridized carbons (Fsp3) is 0.458. The van der Waals surface area contributed by atoms with Crippen molar-refractivity contribution in [3.8, 4) is 5.75 Å². The predicted octanol–water partition coefficient (Wildman–Crippen LogP) is 3.19. The molecule has 0 spiro atoms. The smallest absolute Gasteiger partial charge is 0.321 e. The highest BCUT2D eigenvalue weighted by Crippen LogP contribution is 2.24. The first-order chi connectivity index (χ1) is 15.0.